The standard InChI is InChI=1S/C16H15F2NO4S/c1-24(21,22)13-5-3-12(4-6-13)23-9-8-19-16(20)14-10-11(17)2-7-15(14)18/h2-7,10H,8-9H2,1H3,(H,19,20). The van der Waals surface area contributed by atoms with Gasteiger partial charge in [0.2, 0.25) is 0 Å². The van der Waals surface area contributed by atoms with Gasteiger partial charge in [-0.15, -0.1) is 0 Å². The molecular weight excluding hydrogens is 340 g/mol. The second-order valence-electron chi connectivity index (χ2n) is 4.97. The third-order valence-corrected chi connectivity index (χ3v) is 4.21. The molecule has 0 saturated carbocycles. The van der Waals surface area contributed by atoms with Gasteiger partial charge in [0.1, 0.15) is 24.0 Å². The Morgan fingerprint density at radius 3 is 2.42 bits per heavy atom. The van der Waals surface area contributed by atoms with Crippen LogP contribution in [0.15, 0.2) is 47.4 Å². The average Bonchev–Trinajstić information content (AvgIpc) is 2.53. The van der Waals surface area contributed by atoms with Gasteiger partial charge in [0.15, 0.2) is 9.84 Å². The molecule has 8 heteroatoms. The number of carbonyl (C=O) groups excluding carboxylic acids is 1. The lowest BCUT2D eigenvalue weighted by molar-refractivity contribution is 0.0942. The van der Waals surface area contributed by atoms with E-state index < -0.39 is 27.4 Å². The molecule has 24 heavy (non-hydrogen) atoms. The summed E-state index contributed by atoms with van der Waals surface area (Å²) in [5, 5.41) is 2.41. The van der Waals surface area contributed by atoms with Gasteiger partial charge in [0, 0.05) is 6.26 Å². The van der Waals surface area contributed by atoms with Crippen LogP contribution in [-0.4, -0.2) is 33.7 Å². The topological polar surface area (TPSA) is 72.5 Å². The third kappa shape index (κ3) is 4.76. The molecule has 1 N–H and O–H groups in total. The summed E-state index contributed by atoms with van der Waals surface area (Å²) in [6, 6.07) is 8.42. The summed E-state index contributed by atoms with van der Waals surface area (Å²) >= 11 is 0. The largest absolute Gasteiger partial charge is 0.492 e. The SMILES string of the molecule is CS(=O)(=O)c1ccc(OCCNC(=O)c2cc(F)ccc2F)cc1. The monoisotopic (exact) mass is 355 g/mol. The molecule has 1 amide bonds. The summed E-state index contributed by atoms with van der Waals surface area (Å²) in [5.41, 5.74) is -0.382. The average molecular weight is 355 g/mol. The van der Waals surface area contributed by atoms with Gasteiger partial charge in [-0.3, -0.25) is 4.79 Å². The Morgan fingerprint density at radius 1 is 1.12 bits per heavy atom. The number of carbonyl (C=O) groups is 1. The van der Waals surface area contributed by atoms with E-state index in [1.807, 2.05) is 0 Å². The lowest BCUT2D eigenvalue weighted by Gasteiger charge is -2.09. The van der Waals surface area contributed by atoms with E-state index in [1.165, 1.54) is 24.3 Å². The van der Waals surface area contributed by atoms with E-state index >= 15 is 0 Å². The van der Waals surface area contributed by atoms with Crippen molar-refractivity contribution in [3.8, 4) is 5.75 Å². The highest BCUT2D eigenvalue weighted by Crippen LogP contribution is 2.15. The number of rotatable bonds is 6. The van der Waals surface area contributed by atoms with Crippen LogP contribution >= 0.6 is 0 Å². The van der Waals surface area contributed by atoms with Crippen LogP contribution in [0.2, 0.25) is 0 Å². The van der Waals surface area contributed by atoms with Crippen LogP contribution in [0.3, 0.4) is 0 Å². The molecule has 0 radical (unpaired) electrons. The predicted octanol–water partition coefficient (Wildman–Crippen LogP) is 2.18. The molecule has 0 unspecified atom stereocenters. The van der Waals surface area contributed by atoms with Crippen LogP contribution in [0.1, 0.15) is 10.4 Å². The number of amides is 1. The summed E-state index contributed by atoms with van der Waals surface area (Å²) in [5.74, 6) is -1.84. The molecule has 0 saturated heterocycles. The summed E-state index contributed by atoms with van der Waals surface area (Å²) < 4.78 is 54.4. The Balaban J connectivity index is 1.84. The maximum absolute atomic E-state index is 13.4. The highest BCUT2D eigenvalue weighted by Gasteiger charge is 2.12. The Labute approximate surface area is 138 Å². The quantitative estimate of drug-likeness (QED) is 0.806. The molecule has 0 aliphatic heterocycles. The van der Waals surface area contributed by atoms with Crippen LogP contribution in [0.25, 0.3) is 0 Å². The molecule has 0 fully saturated rings. The van der Waals surface area contributed by atoms with Crippen LogP contribution in [0.4, 0.5) is 8.78 Å². The van der Waals surface area contributed by atoms with Gasteiger partial charge >= 0.3 is 0 Å². The van der Waals surface area contributed by atoms with Crippen molar-refractivity contribution in [2.24, 2.45) is 0 Å². The highest BCUT2D eigenvalue weighted by atomic mass is 32.2. The first kappa shape index (κ1) is 17.9. The van der Waals surface area contributed by atoms with Crippen molar-refractivity contribution in [1.82, 2.24) is 5.32 Å². The fraction of sp³-hybridized carbons (Fsp3) is 0.188. The van der Waals surface area contributed by atoms with Gasteiger partial charge in [0.05, 0.1) is 17.0 Å². The molecule has 0 aromatic heterocycles. The molecule has 5 nitrogen and oxygen atoms in total. The summed E-state index contributed by atoms with van der Waals surface area (Å²) in [6.45, 7) is 0.156. The minimum Gasteiger partial charge on any atom is -0.492 e. The Hall–Kier alpha value is -2.48. The van der Waals surface area contributed by atoms with Crippen molar-refractivity contribution >= 4 is 15.7 Å². The summed E-state index contributed by atoms with van der Waals surface area (Å²) in [4.78, 5) is 11.9. The van der Waals surface area contributed by atoms with E-state index in [9.17, 15) is 22.0 Å². The van der Waals surface area contributed by atoms with Crippen molar-refractivity contribution in [3.05, 3.63) is 59.7 Å². The van der Waals surface area contributed by atoms with E-state index in [1.54, 1.807) is 0 Å². The van der Waals surface area contributed by atoms with Crippen LogP contribution < -0.4 is 10.1 Å². The number of hydrogen-bond acceptors (Lipinski definition) is 4. The molecular formula is C16H15F2NO4S. The lowest BCUT2D eigenvalue weighted by Crippen LogP contribution is -2.28. The third-order valence-electron chi connectivity index (χ3n) is 3.08. The number of nitrogens with one attached hydrogen (secondary N) is 1. The van der Waals surface area contributed by atoms with Crippen LogP contribution in [0, 0.1) is 11.6 Å². The second kappa shape index (κ2) is 7.39. The maximum atomic E-state index is 13.4. The van der Waals surface area contributed by atoms with E-state index in [-0.39, 0.29) is 23.6 Å². The Kier molecular flexibility index (Phi) is 5.50. The predicted molar refractivity (Wildman–Crippen MR) is 83.7 cm³/mol. The van der Waals surface area contributed by atoms with Gasteiger partial charge in [-0.25, -0.2) is 17.2 Å². The number of sulfone groups is 1. The van der Waals surface area contributed by atoms with Crippen LogP contribution in [-0.2, 0) is 9.84 Å². The molecule has 2 rings (SSSR count). The molecule has 0 aliphatic carbocycles. The normalized spacial score (nSPS) is 11.1. The Bertz CT molecular complexity index is 836. The van der Waals surface area contributed by atoms with Gasteiger partial charge in [0.25, 0.3) is 5.91 Å². The number of ether oxygens (including phenoxy) is 1. The summed E-state index contributed by atoms with van der Waals surface area (Å²) in [6.07, 6.45) is 1.10. The molecule has 2 aromatic rings. The molecule has 2 aromatic carbocycles. The van der Waals surface area contributed by atoms with Gasteiger partial charge in [-0.1, -0.05) is 0 Å². The zero-order valence-corrected chi connectivity index (χ0v) is 13.6. The van der Waals surface area contributed by atoms with E-state index in [4.69, 9.17) is 4.74 Å². The molecule has 128 valence electrons. The van der Waals surface area contributed by atoms with E-state index in [2.05, 4.69) is 5.32 Å². The highest BCUT2D eigenvalue weighted by molar-refractivity contribution is 7.90. The number of halogens is 2. The lowest BCUT2D eigenvalue weighted by atomic mass is 10.2. The number of benzene rings is 2. The minimum absolute atomic E-state index is 0.0720. The second-order valence-corrected chi connectivity index (χ2v) is 6.99. The van der Waals surface area contributed by atoms with Crippen molar-refractivity contribution in [3.63, 3.8) is 0 Å². The van der Waals surface area contributed by atoms with Crippen molar-refractivity contribution in [2.75, 3.05) is 19.4 Å². The van der Waals surface area contributed by atoms with Crippen molar-refractivity contribution in [2.45, 2.75) is 4.90 Å². The summed E-state index contributed by atoms with van der Waals surface area (Å²) in [7, 11) is -3.27. The molecule has 0 spiro atoms. The zero-order chi connectivity index (χ0) is 17.7. The molecule has 0 atom stereocenters. The first-order valence-corrected chi connectivity index (χ1v) is 8.82. The van der Waals surface area contributed by atoms with E-state index in [0.717, 1.165) is 24.5 Å². The maximum Gasteiger partial charge on any atom is 0.254 e. The minimum atomic E-state index is -3.27. The number of hydrogen-bond donors (Lipinski definition) is 1. The zero-order valence-electron chi connectivity index (χ0n) is 12.8. The van der Waals surface area contributed by atoms with Crippen molar-refractivity contribution < 1.29 is 26.7 Å². The smallest absolute Gasteiger partial charge is 0.254 e. The molecule has 0 aliphatic rings. The van der Waals surface area contributed by atoms with Crippen molar-refractivity contribution in [1.29, 1.82) is 0 Å². The van der Waals surface area contributed by atoms with Gasteiger partial charge < -0.3 is 10.1 Å². The first-order valence-electron chi connectivity index (χ1n) is 6.93. The van der Waals surface area contributed by atoms with Crippen LogP contribution in [0.5, 0.6) is 5.75 Å². The van der Waals surface area contributed by atoms with Gasteiger partial charge in [-0.2, -0.15) is 0 Å². The molecule has 0 bridgehead atoms. The van der Waals surface area contributed by atoms with E-state index in [0.29, 0.717) is 5.75 Å². The fourth-order valence-electron chi connectivity index (χ4n) is 1.88. The molecule has 0 heterocycles. The van der Waals surface area contributed by atoms with Gasteiger partial charge in [-0.05, 0) is 42.5 Å². The fourth-order valence-corrected chi connectivity index (χ4v) is 2.51. The first-order chi connectivity index (χ1) is 11.3. The Morgan fingerprint density at radius 2 is 1.79 bits per heavy atom.